The summed E-state index contributed by atoms with van der Waals surface area (Å²) < 4.78 is 38.4. The van der Waals surface area contributed by atoms with Crippen LogP contribution < -0.4 is 0 Å². The van der Waals surface area contributed by atoms with Crippen LogP contribution in [0, 0.1) is 13.8 Å². The summed E-state index contributed by atoms with van der Waals surface area (Å²) in [6.45, 7) is 6.27. The summed E-state index contributed by atoms with van der Waals surface area (Å²) in [6.07, 6.45) is -1.12. The van der Waals surface area contributed by atoms with Gasteiger partial charge in [-0.3, -0.25) is 9.69 Å². The molecule has 0 N–H and O–H groups in total. The van der Waals surface area contributed by atoms with E-state index in [0.29, 0.717) is 24.7 Å². The fourth-order valence-corrected chi connectivity index (χ4v) is 4.75. The molecule has 2 aliphatic heterocycles. The molecule has 0 aliphatic carbocycles. The van der Waals surface area contributed by atoms with Crippen LogP contribution in [0.4, 0.5) is 13.2 Å². The highest BCUT2D eigenvalue weighted by molar-refractivity contribution is 5.94. The standard InChI is InChI=1S/C24H27F3N2O/c1-16-6-7-19(14-17(16)2)22-5-3-4-21-15-28(12-13-29(21)22)23(30)18-8-10-20(11-9-18)24(25,26)27/h6-11,14,21-22H,3-5,12-13,15H2,1-2H3/t21-,22+/m0/s1. The Kier molecular flexibility index (Phi) is 5.62. The van der Waals surface area contributed by atoms with Crippen molar-refractivity contribution in [1.29, 1.82) is 0 Å². The molecule has 2 heterocycles. The first-order valence-corrected chi connectivity index (χ1v) is 10.5. The second-order valence-corrected chi connectivity index (χ2v) is 8.51. The van der Waals surface area contributed by atoms with Gasteiger partial charge in [0.1, 0.15) is 0 Å². The molecule has 30 heavy (non-hydrogen) atoms. The van der Waals surface area contributed by atoms with Crippen LogP contribution in [-0.2, 0) is 6.18 Å². The lowest BCUT2D eigenvalue weighted by Crippen LogP contribution is -2.57. The molecule has 2 aromatic carbocycles. The van der Waals surface area contributed by atoms with E-state index in [0.717, 1.165) is 37.9 Å². The molecule has 160 valence electrons. The van der Waals surface area contributed by atoms with E-state index in [-0.39, 0.29) is 11.9 Å². The lowest BCUT2D eigenvalue weighted by atomic mass is 9.88. The predicted octanol–water partition coefficient (Wildman–Crippen LogP) is 5.37. The summed E-state index contributed by atoms with van der Waals surface area (Å²) >= 11 is 0. The number of benzene rings is 2. The van der Waals surface area contributed by atoms with E-state index >= 15 is 0 Å². The molecule has 1 amide bonds. The molecule has 0 spiro atoms. The maximum atomic E-state index is 12.9. The molecule has 2 aromatic rings. The second kappa shape index (κ2) is 8.06. The number of hydrogen-bond donors (Lipinski definition) is 0. The highest BCUT2D eigenvalue weighted by Crippen LogP contribution is 2.37. The minimum Gasteiger partial charge on any atom is -0.336 e. The molecule has 0 saturated carbocycles. The van der Waals surface area contributed by atoms with Crippen molar-refractivity contribution in [3.8, 4) is 0 Å². The van der Waals surface area contributed by atoms with E-state index in [1.165, 1.54) is 28.8 Å². The Balaban J connectivity index is 1.47. The number of halogens is 3. The normalized spacial score (nSPS) is 22.6. The second-order valence-electron chi connectivity index (χ2n) is 8.51. The van der Waals surface area contributed by atoms with Crippen LogP contribution in [0.5, 0.6) is 0 Å². The van der Waals surface area contributed by atoms with E-state index in [9.17, 15) is 18.0 Å². The van der Waals surface area contributed by atoms with Gasteiger partial charge in [-0.1, -0.05) is 18.2 Å². The Morgan fingerprint density at radius 1 is 0.967 bits per heavy atom. The van der Waals surface area contributed by atoms with Crippen molar-refractivity contribution in [3.05, 3.63) is 70.3 Å². The number of aryl methyl sites for hydroxylation is 2. The van der Waals surface area contributed by atoms with Crippen molar-refractivity contribution in [1.82, 2.24) is 9.80 Å². The van der Waals surface area contributed by atoms with Gasteiger partial charge in [0, 0.05) is 37.3 Å². The molecule has 3 nitrogen and oxygen atoms in total. The summed E-state index contributed by atoms with van der Waals surface area (Å²) in [4.78, 5) is 17.2. The number of carbonyl (C=O) groups is 1. The minimum absolute atomic E-state index is 0.184. The van der Waals surface area contributed by atoms with Crippen molar-refractivity contribution < 1.29 is 18.0 Å². The number of piperidine rings is 1. The van der Waals surface area contributed by atoms with Crippen LogP contribution in [0.2, 0.25) is 0 Å². The van der Waals surface area contributed by atoms with Gasteiger partial charge in [0.15, 0.2) is 0 Å². The van der Waals surface area contributed by atoms with Crippen molar-refractivity contribution in [2.45, 2.75) is 51.4 Å². The van der Waals surface area contributed by atoms with Crippen LogP contribution >= 0.6 is 0 Å². The van der Waals surface area contributed by atoms with Crippen LogP contribution in [0.3, 0.4) is 0 Å². The summed E-state index contributed by atoms with van der Waals surface area (Å²) in [5.74, 6) is -0.184. The van der Waals surface area contributed by atoms with E-state index < -0.39 is 11.7 Å². The number of fused-ring (bicyclic) bond motifs is 1. The van der Waals surface area contributed by atoms with Crippen molar-refractivity contribution in [2.24, 2.45) is 0 Å². The molecule has 0 unspecified atom stereocenters. The average molecular weight is 416 g/mol. The molecule has 0 bridgehead atoms. The molecule has 0 aromatic heterocycles. The third-order valence-corrected chi connectivity index (χ3v) is 6.61. The van der Waals surface area contributed by atoms with Gasteiger partial charge in [0.2, 0.25) is 0 Å². The SMILES string of the molecule is Cc1ccc([C@H]2CCC[C@H]3CN(C(=O)c4ccc(C(F)(F)F)cc4)CCN32)cc1C. The Morgan fingerprint density at radius 2 is 1.70 bits per heavy atom. The topological polar surface area (TPSA) is 23.6 Å². The maximum Gasteiger partial charge on any atom is 0.416 e. The summed E-state index contributed by atoms with van der Waals surface area (Å²) in [6, 6.07) is 11.9. The maximum absolute atomic E-state index is 12.9. The van der Waals surface area contributed by atoms with Crippen molar-refractivity contribution in [2.75, 3.05) is 19.6 Å². The van der Waals surface area contributed by atoms with Crippen LogP contribution in [-0.4, -0.2) is 41.4 Å². The molecule has 0 radical (unpaired) electrons. The van der Waals surface area contributed by atoms with Gasteiger partial charge in [-0.2, -0.15) is 13.2 Å². The first-order valence-electron chi connectivity index (χ1n) is 10.5. The lowest BCUT2D eigenvalue weighted by molar-refractivity contribution is -0.137. The van der Waals surface area contributed by atoms with Crippen LogP contribution in [0.25, 0.3) is 0 Å². The van der Waals surface area contributed by atoms with Gasteiger partial charge >= 0.3 is 6.18 Å². The zero-order chi connectivity index (χ0) is 21.5. The summed E-state index contributed by atoms with van der Waals surface area (Å²) in [5, 5.41) is 0. The fraction of sp³-hybridized carbons (Fsp3) is 0.458. The molecular formula is C24H27F3N2O. The number of amides is 1. The van der Waals surface area contributed by atoms with Crippen molar-refractivity contribution >= 4 is 5.91 Å². The average Bonchev–Trinajstić information content (AvgIpc) is 2.74. The number of piperazine rings is 1. The molecule has 4 rings (SSSR count). The Hall–Kier alpha value is -2.34. The molecule has 2 aliphatic rings. The quantitative estimate of drug-likeness (QED) is 0.657. The zero-order valence-electron chi connectivity index (χ0n) is 17.4. The number of carbonyl (C=O) groups excluding carboxylic acids is 1. The van der Waals surface area contributed by atoms with Crippen LogP contribution in [0.15, 0.2) is 42.5 Å². The van der Waals surface area contributed by atoms with Gasteiger partial charge in [-0.25, -0.2) is 0 Å². The highest BCUT2D eigenvalue weighted by Gasteiger charge is 2.37. The number of rotatable bonds is 2. The molecule has 2 fully saturated rings. The fourth-order valence-electron chi connectivity index (χ4n) is 4.75. The summed E-state index contributed by atoms with van der Waals surface area (Å²) in [5.41, 5.74) is 3.51. The summed E-state index contributed by atoms with van der Waals surface area (Å²) in [7, 11) is 0. The first kappa shape index (κ1) is 20.9. The monoisotopic (exact) mass is 416 g/mol. The number of nitrogens with zero attached hydrogens (tertiary/aromatic N) is 2. The number of alkyl halides is 3. The third kappa shape index (κ3) is 4.10. The Labute approximate surface area is 175 Å². The van der Waals surface area contributed by atoms with Crippen LogP contribution in [0.1, 0.15) is 57.9 Å². The van der Waals surface area contributed by atoms with E-state index in [1.54, 1.807) is 4.90 Å². The molecule has 2 saturated heterocycles. The molecule has 2 atom stereocenters. The van der Waals surface area contributed by atoms with Gasteiger partial charge in [-0.15, -0.1) is 0 Å². The minimum atomic E-state index is -4.39. The van der Waals surface area contributed by atoms with E-state index in [2.05, 4.69) is 36.9 Å². The highest BCUT2D eigenvalue weighted by atomic mass is 19.4. The van der Waals surface area contributed by atoms with Gasteiger partial charge in [0.05, 0.1) is 5.56 Å². The zero-order valence-corrected chi connectivity index (χ0v) is 17.4. The van der Waals surface area contributed by atoms with Gasteiger partial charge in [-0.05, 0) is 74.1 Å². The van der Waals surface area contributed by atoms with Crippen molar-refractivity contribution in [3.63, 3.8) is 0 Å². The van der Waals surface area contributed by atoms with E-state index in [4.69, 9.17) is 0 Å². The predicted molar refractivity (Wildman–Crippen MR) is 110 cm³/mol. The smallest absolute Gasteiger partial charge is 0.336 e. The van der Waals surface area contributed by atoms with Gasteiger partial charge < -0.3 is 4.90 Å². The third-order valence-electron chi connectivity index (χ3n) is 6.61. The number of hydrogen-bond acceptors (Lipinski definition) is 2. The Bertz CT molecular complexity index is 923. The molecule has 6 heteroatoms. The lowest BCUT2D eigenvalue weighted by Gasteiger charge is -2.48. The molecular weight excluding hydrogens is 389 g/mol. The van der Waals surface area contributed by atoms with Gasteiger partial charge in [0.25, 0.3) is 5.91 Å². The Morgan fingerprint density at radius 3 is 2.37 bits per heavy atom. The first-order chi connectivity index (χ1) is 14.2. The largest absolute Gasteiger partial charge is 0.416 e. The van der Waals surface area contributed by atoms with E-state index in [1.807, 2.05) is 0 Å².